The van der Waals surface area contributed by atoms with Gasteiger partial charge in [-0.1, -0.05) is 0 Å². The number of guanidine groups is 1. The van der Waals surface area contributed by atoms with Gasteiger partial charge in [-0.25, -0.2) is 0 Å². The van der Waals surface area contributed by atoms with Gasteiger partial charge in [-0.05, 0) is 44.0 Å². The van der Waals surface area contributed by atoms with Gasteiger partial charge >= 0.3 is 0 Å². The van der Waals surface area contributed by atoms with Crippen LogP contribution in [0.5, 0.6) is 5.75 Å². The number of hydrogen-bond donors (Lipinski definition) is 3. The smallest absolute Gasteiger partial charge is 0.251 e. The Morgan fingerprint density at radius 1 is 1.06 bits per heavy atom. The third-order valence-electron chi connectivity index (χ3n) is 5.59. The van der Waals surface area contributed by atoms with Crippen LogP contribution >= 0.6 is 0 Å². The average Bonchev–Trinajstić information content (AvgIpc) is 2.81. The van der Waals surface area contributed by atoms with Crippen molar-refractivity contribution in [1.29, 1.82) is 0 Å². The predicted octanol–water partition coefficient (Wildman–Crippen LogP) is 0.658. The lowest BCUT2D eigenvalue weighted by Gasteiger charge is -2.36. The molecule has 0 spiro atoms. The molecule has 1 aromatic carbocycles. The molecule has 3 rings (SSSR count). The van der Waals surface area contributed by atoms with Crippen molar-refractivity contribution in [3.63, 3.8) is 0 Å². The highest BCUT2D eigenvalue weighted by Gasteiger charge is 2.30. The second-order valence-electron chi connectivity index (χ2n) is 7.74. The number of ether oxygens (including phenoxy) is 1. The summed E-state index contributed by atoms with van der Waals surface area (Å²) in [5.74, 6) is 1.08. The number of phenols is 1. The number of rotatable bonds is 6. The summed E-state index contributed by atoms with van der Waals surface area (Å²) >= 11 is 0. The van der Waals surface area contributed by atoms with E-state index in [9.17, 15) is 14.7 Å². The first-order chi connectivity index (χ1) is 15.1. The summed E-state index contributed by atoms with van der Waals surface area (Å²) in [6, 6.07) is 6.15. The van der Waals surface area contributed by atoms with E-state index in [4.69, 9.17) is 4.74 Å². The summed E-state index contributed by atoms with van der Waals surface area (Å²) in [4.78, 5) is 33.6. The number of morpholine rings is 1. The van der Waals surface area contributed by atoms with Crippen LogP contribution in [0.2, 0.25) is 0 Å². The van der Waals surface area contributed by atoms with E-state index in [0.717, 1.165) is 38.4 Å². The van der Waals surface area contributed by atoms with Gasteiger partial charge in [-0.3, -0.25) is 14.6 Å². The molecular formula is C22H33N5O4. The molecule has 0 aliphatic carbocycles. The van der Waals surface area contributed by atoms with Gasteiger partial charge in [-0.15, -0.1) is 0 Å². The molecule has 2 aliphatic heterocycles. The van der Waals surface area contributed by atoms with Crippen LogP contribution in [-0.2, 0) is 9.53 Å². The largest absolute Gasteiger partial charge is 0.508 e. The first-order valence-electron chi connectivity index (χ1n) is 11.1. The van der Waals surface area contributed by atoms with Crippen LogP contribution in [0.25, 0.3) is 0 Å². The molecule has 2 fully saturated rings. The Bertz CT molecular complexity index is 754. The number of benzene rings is 1. The van der Waals surface area contributed by atoms with E-state index in [1.807, 2.05) is 11.8 Å². The highest BCUT2D eigenvalue weighted by molar-refractivity contribution is 5.94. The lowest BCUT2D eigenvalue weighted by Crippen LogP contribution is -2.50. The number of nitrogens with one attached hydrogen (secondary N) is 2. The lowest BCUT2D eigenvalue weighted by molar-refractivity contribution is -0.140. The van der Waals surface area contributed by atoms with Gasteiger partial charge in [0.25, 0.3) is 5.91 Å². The molecule has 9 nitrogen and oxygen atoms in total. The topological polar surface area (TPSA) is 106 Å². The summed E-state index contributed by atoms with van der Waals surface area (Å²) < 4.78 is 5.34. The third kappa shape index (κ3) is 6.58. The van der Waals surface area contributed by atoms with Crippen molar-refractivity contribution in [1.82, 2.24) is 20.4 Å². The minimum atomic E-state index is -0.192. The molecule has 0 unspecified atom stereocenters. The van der Waals surface area contributed by atoms with Crippen LogP contribution in [0.3, 0.4) is 0 Å². The fourth-order valence-electron chi connectivity index (χ4n) is 3.85. The molecule has 0 saturated carbocycles. The highest BCUT2D eigenvalue weighted by Crippen LogP contribution is 2.20. The van der Waals surface area contributed by atoms with Gasteiger partial charge in [0.1, 0.15) is 5.75 Å². The van der Waals surface area contributed by atoms with E-state index in [1.165, 1.54) is 12.1 Å². The minimum Gasteiger partial charge on any atom is -0.508 e. The number of aliphatic imine (C=N–C) groups is 1. The number of likely N-dealkylation sites (tertiary alicyclic amines) is 1. The number of aromatic hydroxyl groups is 1. The average molecular weight is 432 g/mol. The van der Waals surface area contributed by atoms with Gasteiger partial charge in [-0.2, -0.15) is 0 Å². The quantitative estimate of drug-likeness (QED) is 0.347. The van der Waals surface area contributed by atoms with E-state index in [-0.39, 0.29) is 23.5 Å². The Morgan fingerprint density at radius 2 is 1.74 bits per heavy atom. The summed E-state index contributed by atoms with van der Waals surface area (Å²) in [6.07, 6.45) is 1.64. The highest BCUT2D eigenvalue weighted by atomic mass is 16.5. The fraction of sp³-hybridized carbons (Fsp3) is 0.591. The molecule has 0 atom stereocenters. The summed E-state index contributed by atoms with van der Waals surface area (Å²) in [7, 11) is 0. The van der Waals surface area contributed by atoms with Crippen LogP contribution < -0.4 is 10.6 Å². The number of hydrogen-bond acceptors (Lipinski definition) is 5. The van der Waals surface area contributed by atoms with Crippen molar-refractivity contribution in [3.05, 3.63) is 29.8 Å². The molecule has 2 heterocycles. The minimum absolute atomic E-state index is 0.0711. The Balaban J connectivity index is 1.45. The van der Waals surface area contributed by atoms with E-state index >= 15 is 0 Å². The normalized spacial score (nSPS) is 18.0. The predicted molar refractivity (Wildman–Crippen MR) is 118 cm³/mol. The SMILES string of the molecule is CCNC(=NCCNC(=O)c1ccc(O)cc1)N1CCC(C(=O)N2CCOCC2)CC1. The molecule has 2 amide bonds. The molecule has 31 heavy (non-hydrogen) atoms. The molecule has 1 aromatic rings. The van der Waals surface area contributed by atoms with Crippen LogP contribution in [0, 0.1) is 5.92 Å². The number of carbonyl (C=O) groups excluding carboxylic acids is 2. The zero-order chi connectivity index (χ0) is 22.1. The fourth-order valence-corrected chi connectivity index (χ4v) is 3.85. The summed E-state index contributed by atoms with van der Waals surface area (Å²) in [5, 5.41) is 15.5. The van der Waals surface area contributed by atoms with Crippen LogP contribution in [0.1, 0.15) is 30.1 Å². The molecule has 2 saturated heterocycles. The van der Waals surface area contributed by atoms with E-state index < -0.39 is 0 Å². The van der Waals surface area contributed by atoms with Gasteiger partial charge < -0.3 is 30.3 Å². The molecule has 0 bridgehead atoms. The molecule has 2 aliphatic rings. The number of nitrogens with zero attached hydrogens (tertiary/aromatic N) is 3. The standard InChI is InChI=1S/C22H33N5O4/c1-2-23-22(25-10-9-24-20(29)17-3-5-19(28)6-4-17)27-11-7-18(8-12-27)21(30)26-13-15-31-16-14-26/h3-6,18,28H,2,7-16H2,1H3,(H,23,25)(H,24,29). The van der Waals surface area contributed by atoms with Crippen molar-refractivity contribution in [2.24, 2.45) is 10.9 Å². The second kappa shape index (κ2) is 11.5. The molecule has 0 radical (unpaired) electrons. The summed E-state index contributed by atoms with van der Waals surface area (Å²) in [6.45, 7) is 7.87. The molecule has 0 aromatic heterocycles. The Morgan fingerprint density at radius 3 is 2.39 bits per heavy atom. The van der Waals surface area contributed by atoms with Crippen LogP contribution in [0.4, 0.5) is 0 Å². The molecule has 170 valence electrons. The van der Waals surface area contributed by atoms with Crippen molar-refractivity contribution < 1.29 is 19.4 Å². The third-order valence-corrected chi connectivity index (χ3v) is 5.59. The van der Waals surface area contributed by atoms with Crippen LogP contribution in [-0.4, -0.2) is 91.7 Å². The Hall–Kier alpha value is -2.81. The van der Waals surface area contributed by atoms with E-state index in [2.05, 4.69) is 20.5 Å². The number of phenolic OH excluding ortho intramolecular Hbond substituents is 1. The van der Waals surface area contributed by atoms with Crippen molar-refractivity contribution >= 4 is 17.8 Å². The van der Waals surface area contributed by atoms with Crippen LogP contribution in [0.15, 0.2) is 29.3 Å². The van der Waals surface area contributed by atoms with E-state index in [0.29, 0.717) is 45.0 Å². The second-order valence-corrected chi connectivity index (χ2v) is 7.74. The van der Waals surface area contributed by atoms with Gasteiger partial charge in [0.2, 0.25) is 5.91 Å². The van der Waals surface area contributed by atoms with Gasteiger partial charge in [0.05, 0.1) is 19.8 Å². The maximum absolute atomic E-state index is 12.7. The molecule has 9 heteroatoms. The van der Waals surface area contributed by atoms with Gasteiger partial charge in [0, 0.05) is 50.7 Å². The first kappa shape index (κ1) is 22.9. The van der Waals surface area contributed by atoms with Crippen molar-refractivity contribution in [2.75, 3.05) is 59.0 Å². The summed E-state index contributed by atoms with van der Waals surface area (Å²) in [5.41, 5.74) is 0.501. The monoisotopic (exact) mass is 431 g/mol. The number of amides is 2. The Kier molecular flexibility index (Phi) is 8.52. The molecular weight excluding hydrogens is 398 g/mol. The number of carbonyl (C=O) groups is 2. The maximum Gasteiger partial charge on any atom is 0.251 e. The zero-order valence-corrected chi connectivity index (χ0v) is 18.2. The first-order valence-corrected chi connectivity index (χ1v) is 11.1. The van der Waals surface area contributed by atoms with Crippen molar-refractivity contribution in [2.45, 2.75) is 19.8 Å². The zero-order valence-electron chi connectivity index (χ0n) is 18.2. The molecule has 3 N–H and O–H groups in total. The Labute approximate surface area is 183 Å². The lowest BCUT2D eigenvalue weighted by atomic mass is 9.95. The maximum atomic E-state index is 12.7. The number of piperidine rings is 1. The van der Waals surface area contributed by atoms with Gasteiger partial charge in [0.15, 0.2) is 5.96 Å². The van der Waals surface area contributed by atoms with E-state index in [1.54, 1.807) is 12.1 Å². The van der Waals surface area contributed by atoms with Crippen molar-refractivity contribution in [3.8, 4) is 5.75 Å².